The molecule has 1 aromatic heterocycles. The second-order valence-electron chi connectivity index (χ2n) is 4.25. The summed E-state index contributed by atoms with van der Waals surface area (Å²) in [5.41, 5.74) is 5.26. The number of methoxy groups -OCH3 is 2. The molecule has 102 valence electrons. The number of hydrogen-bond donors (Lipinski definition) is 2. The fraction of sp³-hybridized carbons (Fsp3) is 0.357. The molecule has 0 atom stereocenters. The van der Waals surface area contributed by atoms with E-state index in [1.165, 1.54) is 0 Å². The largest absolute Gasteiger partial charge is 0.496 e. The normalized spacial score (nSPS) is 10.5. The highest BCUT2D eigenvalue weighted by atomic mass is 16.5. The van der Waals surface area contributed by atoms with Crippen molar-refractivity contribution >= 4 is 16.6 Å². The number of anilines is 1. The van der Waals surface area contributed by atoms with Gasteiger partial charge in [0.05, 0.1) is 25.3 Å². The Kier molecular flexibility index (Phi) is 4.06. The third kappa shape index (κ3) is 2.42. The van der Waals surface area contributed by atoms with Crippen molar-refractivity contribution in [2.45, 2.75) is 19.8 Å². The summed E-state index contributed by atoms with van der Waals surface area (Å²) >= 11 is 0. The van der Waals surface area contributed by atoms with Crippen LogP contribution < -0.4 is 20.7 Å². The third-order valence-electron chi connectivity index (χ3n) is 3.04. The van der Waals surface area contributed by atoms with E-state index in [1.54, 1.807) is 14.2 Å². The standard InChI is InChI=1S/C14H19N3O2/c1-4-5-9-8-10(17-15)13-11(18-2)6-7-12(19-3)14(13)16-9/h6-8H,4-5,15H2,1-3H3,(H,16,17). The molecular weight excluding hydrogens is 242 g/mol. The third-order valence-corrected chi connectivity index (χ3v) is 3.04. The Labute approximate surface area is 112 Å². The summed E-state index contributed by atoms with van der Waals surface area (Å²) in [7, 11) is 3.26. The smallest absolute Gasteiger partial charge is 0.145 e. The quantitative estimate of drug-likeness (QED) is 0.639. The molecule has 1 heterocycles. The summed E-state index contributed by atoms with van der Waals surface area (Å²) < 4.78 is 10.8. The molecule has 0 saturated carbocycles. The predicted octanol–water partition coefficient (Wildman–Crippen LogP) is 2.49. The van der Waals surface area contributed by atoms with Crippen LogP contribution in [0.4, 0.5) is 5.69 Å². The number of nitrogen functional groups attached to an aromatic ring is 1. The van der Waals surface area contributed by atoms with Crippen molar-refractivity contribution in [3.63, 3.8) is 0 Å². The van der Waals surface area contributed by atoms with Gasteiger partial charge < -0.3 is 14.9 Å². The molecule has 19 heavy (non-hydrogen) atoms. The molecule has 0 aliphatic heterocycles. The van der Waals surface area contributed by atoms with E-state index in [1.807, 2.05) is 18.2 Å². The number of hydrazine groups is 1. The first kappa shape index (κ1) is 13.4. The number of aromatic nitrogens is 1. The van der Waals surface area contributed by atoms with Crippen LogP contribution in [0.2, 0.25) is 0 Å². The highest BCUT2D eigenvalue weighted by molar-refractivity contribution is 5.99. The summed E-state index contributed by atoms with van der Waals surface area (Å²) in [4.78, 5) is 4.65. The fourth-order valence-corrected chi connectivity index (χ4v) is 2.17. The molecule has 0 aliphatic rings. The van der Waals surface area contributed by atoms with Crippen LogP contribution in [-0.4, -0.2) is 19.2 Å². The summed E-state index contributed by atoms with van der Waals surface area (Å²) in [6, 6.07) is 5.65. The van der Waals surface area contributed by atoms with Gasteiger partial charge in [0.25, 0.3) is 0 Å². The lowest BCUT2D eigenvalue weighted by molar-refractivity contribution is 0.409. The molecule has 0 spiro atoms. The first-order valence-corrected chi connectivity index (χ1v) is 6.26. The van der Waals surface area contributed by atoms with Gasteiger partial charge in [-0.2, -0.15) is 0 Å². The SMILES string of the molecule is CCCc1cc(NN)c2c(OC)ccc(OC)c2n1. The molecule has 1 aromatic carbocycles. The summed E-state index contributed by atoms with van der Waals surface area (Å²) in [5, 5.41) is 0.837. The summed E-state index contributed by atoms with van der Waals surface area (Å²) in [6.07, 6.45) is 1.92. The molecule has 0 amide bonds. The number of nitrogens with one attached hydrogen (secondary N) is 1. The van der Waals surface area contributed by atoms with Crippen LogP contribution in [-0.2, 0) is 6.42 Å². The molecule has 0 unspecified atom stereocenters. The number of pyridine rings is 1. The van der Waals surface area contributed by atoms with Crippen molar-refractivity contribution in [1.82, 2.24) is 4.98 Å². The fourth-order valence-electron chi connectivity index (χ4n) is 2.17. The molecule has 3 N–H and O–H groups in total. The van der Waals surface area contributed by atoms with Crippen molar-refractivity contribution in [2.75, 3.05) is 19.6 Å². The summed E-state index contributed by atoms with van der Waals surface area (Å²) in [5.74, 6) is 7.06. The van der Waals surface area contributed by atoms with E-state index in [4.69, 9.17) is 15.3 Å². The number of benzene rings is 1. The van der Waals surface area contributed by atoms with Gasteiger partial charge in [0.2, 0.25) is 0 Å². The van der Waals surface area contributed by atoms with E-state index >= 15 is 0 Å². The van der Waals surface area contributed by atoms with Gasteiger partial charge in [0.15, 0.2) is 0 Å². The van der Waals surface area contributed by atoms with Crippen molar-refractivity contribution in [1.29, 1.82) is 0 Å². The van der Waals surface area contributed by atoms with E-state index in [-0.39, 0.29) is 0 Å². The van der Waals surface area contributed by atoms with Crippen LogP contribution in [0.25, 0.3) is 10.9 Å². The zero-order valence-electron chi connectivity index (χ0n) is 11.5. The lowest BCUT2D eigenvalue weighted by Gasteiger charge is -2.14. The number of fused-ring (bicyclic) bond motifs is 1. The molecule has 0 saturated heterocycles. The molecule has 0 bridgehead atoms. The Morgan fingerprint density at radius 3 is 2.47 bits per heavy atom. The van der Waals surface area contributed by atoms with Crippen LogP contribution in [0.1, 0.15) is 19.0 Å². The minimum atomic E-state index is 0.713. The average molecular weight is 261 g/mol. The molecule has 5 nitrogen and oxygen atoms in total. The van der Waals surface area contributed by atoms with Crippen molar-refractivity contribution in [2.24, 2.45) is 5.84 Å². The van der Waals surface area contributed by atoms with Crippen LogP contribution in [0, 0.1) is 0 Å². The molecule has 2 rings (SSSR count). The molecule has 2 aromatic rings. The van der Waals surface area contributed by atoms with Crippen LogP contribution >= 0.6 is 0 Å². The average Bonchev–Trinajstić information content (AvgIpc) is 2.45. The Hall–Kier alpha value is -2.01. The van der Waals surface area contributed by atoms with Crippen LogP contribution in [0.15, 0.2) is 18.2 Å². The lowest BCUT2D eigenvalue weighted by atomic mass is 10.1. The first-order valence-electron chi connectivity index (χ1n) is 6.26. The first-order chi connectivity index (χ1) is 9.24. The Morgan fingerprint density at radius 2 is 1.89 bits per heavy atom. The van der Waals surface area contributed by atoms with E-state index in [2.05, 4.69) is 17.3 Å². The number of nitrogens with two attached hydrogens (primary N) is 1. The van der Waals surface area contributed by atoms with Crippen LogP contribution in [0.5, 0.6) is 11.5 Å². The topological polar surface area (TPSA) is 69.4 Å². The number of ether oxygens (including phenoxy) is 2. The minimum absolute atomic E-state index is 0.713. The summed E-state index contributed by atoms with van der Waals surface area (Å²) in [6.45, 7) is 2.12. The predicted molar refractivity (Wildman–Crippen MR) is 76.7 cm³/mol. The molecule has 0 fully saturated rings. The Morgan fingerprint density at radius 1 is 1.21 bits per heavy atom. The second kappa shape index (κ2) is 5.75. The Bertz CT molecular complexity index is 584. The lowest BCUT2D eigenvalue weighted by Crippen LogP contribution is -2.09. The maximum atomic E-state index is 5.62. The van der Waals surface area contributed by atoms with E-state index in [0.717, 1.165) is 40.9 Å². The maximum absolute atomic E-state index is 5.62. The van der Waals surface area contributed by atoms with Gasteiger partial charge in [-0.15, -0.1) is 0 Å². The van der Waals surface area contributed by atoms with Gasteiger partial charge >= 0.3 is 0 Å². The van der Waals surface area contributed by atoms with Gasteiger partial charge in [0.1, 0.15) is 17.0 Å². The minimum Gasteiger partial charge on any atom is -0.496 e. The molecular formula is C14H19N3O2. The zero-order chi connectivity index (χ0) is 13.8. The number of nitrogens with zero attached hydrogens (tertiary/aromatic N) is 1. The Balaban J connectivity index is 2.78. The monoisotopic (exact) mass is 261 g/mol. The van der Waals surface area contributed by atoms with Gasteiger partial charge in [-0.25, -0.2) is 4.98 Å². The van der Waals surface area contributed by atoms with E-state index < -0.39 is 0 Å². The molecule has 0 aliphatic carbocycles. The number of aryl methyl sites for hydroxylation is 1. The van der Waals surface area contributed by atoms with Gasteiger partial charge in [-0.05, 0) is 24.6 Å². The van der Waals surface area contributed by atoms with Gasteiger partial charge in [-0.3, -0.25) is 5.84 Å². The van der Waals surface area contributed by atoms with E-state index in [9.17, 15) is 0 Å². The van der Waals surface area contributed by atoms with Gasteiger partial charge in [0, 0.05) is 5.69 Å². The number of hydrogen-bond acceptors (Lipinski definition) is 5. The highest BCUT2D eigenvalue weighted by Gasteiger charge is 2.14. The van der Waals surface area contributed by atoms with Crippen molar-refractivity contribution in [3.8, 4) is 11.5 Å². The van der Waals surface area contributed by atoms with Crippen molar-refractivity contribution in [3.05, 3.63) is 23.9 Å². The van der Waals surface area contributed by atoms with Gasteiger partial charge in [-0.1, -0.05) is 13.3 Å². The highest BCUT2D eigenvalue weighted by Crippen LogP contribution is 2.37. The molecule has 0 radical (unpaired) electrons. The van der Waals surface area contributed by atoms with Crippen molar-refractivity contribution < 1.29 is 9.47 Å². The number of rotatable bonds is 5. The second-order valence-corrected chi connectivity index (χ2v) is 4.25. The van der Waals surface area contributed by atoms with Crippen LogP contribution in [0.3, 0.4) is 0 Å². The van der Waals surface area contributed by atoms with E-state index in [0.29, 0.717) is 5.75 Å². The zero-order valence-corrected chi connectivity index (χ0v) is 11.5. The maximum Gasteiger partial charge on any atom is 0.145 e. The molecule has 5 heteroatoms.